The third-order valence-electron chi connectivity index (χ3n) is 2.46. The number of nitrogens with two attached hydrogens (primary N) is 1. The van der Waals surface area contributed by atoms with Crippen LogP contribution in [0, 0.1) is 0 Å². The molecular formula is C13H16N4O. The first-order chi connectivity index (χ1) is 8.79. The number of pyridine rings is 1. The van der Waals surface area contributed by atoms with Gasteiger partial charge in [0.1, 0.15) is 0 Å². The van der Waals surface area contributed by atoms with Crippen LogP contribution < -0.4 is 10.5 Å². The van der Waals surface area contributed by atoms with Gasteiger partial charge in [0, 0.05) is 17.8 Å². The molecule has 94 valence electrons. The van der Waals surface area contributed by atoms with Gasteiger partial charge >= 0.3 is 0 Å². The molecule has 0 radical (unpaired) electrons. The predicted octanol–water partition coefficient (Wildman–Crippen LogP) is 2.30. The predicted molar refractivity (Wildman–Crippen MR) is 70.1 cm³/mol. The fourth-order valence-electron chi connectivity index (χ4n) is 1.46. The monoisotopic (exact) mass is 244 g/mol. The second-order valence-electron chi connectivity index (χ2n) is 3.96. The van der Waals surface area contributed by atoms with Gasteiger partial charge in [-0.1, -0.05) is 13.3 Å². The van der Waals surface area contributed by atoms with Crippen molar-refractivity contribution >= 4 is 5.69 Å². The summed E-state index contributed by atoms with van der Waals surface area (Å²) in [5.41, 5.74) is 7.83. The van der Waals surface area contributed by atoms with E-state index in [1.54, 1.807) is 12.3 Å². The lowest BCUT2D eigenvalue weighted by Crippen LogP contribution is -1.98. The standard InChI is InChI=1S/C13H16N4O/c1-2-3-6-18-13-5-4-10(8-15-13)12-7-11(14)9-16-17-12/h4-5,7-9H,2-3,6H2,1H3,(H2,14,17). The molecule has 5 heteroatoms. The molecule has 0 saturated heterocycles. The lowest BCUT2D eigenvalue weighted by Gasteiger charge is -2.05. The van der Waals surface area contributed by atoms with Crippen molar-refractivity contribution in [3.05, 3.63) is 30.6 Å². The van der Waals surface area contributed by atoms with E-state index in [0.717, 1.165) is 18.4 Å². The molecule has 0 bridgehead atoms. The number of hydrogen-bond donors (Lipinski definition) is 1. The molecule has 0 fully saturated rings. The Morgan fingerprint density at radius 1 is 1.28 bits per heavy atom. The number of nitrogens with zero attached hydrogens (tertiary/aromatic N) is 3. The Kier molecular flexibility index (Phi) is 4.06. The third kappa shape index (κ3) is 3.16. The minimum atomic E-state index is 0.586. The molecule has 2 heterocycles. The first-order valence-corrected chi connectivity index (χ1v) is 5.97. The van der Waals surface area contributed by atoms with Crippen LogP contribution in [-0.2, 0) is 0 Å². The fourth-order valence-corrected chi connectivity index (χ4v) is 1.46. The van der Waals surface area contributed by atoms with E-state index in [-0.39, 0.29) is 0 Å². The highest BCUT2D eigenvalue weighted by Gasteiger charge is 2.02. The maximum atomic E-state index is 5.66. The highest BCUT2D eigenvalue weighted by Crippen LogP contribution is 2.19. The molecule has 2 N–H and O–H groups in total. The van der Waals surface area contributed by atoms with E-state index in [0.29, 0.717) is 23.9 Å². The molecule has 2 aromatic rings. The van der Waals surface area contributed by atoms with Crippen molar-refractivity contribution in [2.45, 2.75) is 19.8 Å². The average Bonchev–Trinajstić information content (AvgIpc) is 2.40. The molecule has 2 rings (SSSR count). The SMILES string of the molecule is CCCCOc1ccc(-c2cc(N)cnn2)cn1. The van der Waals surface area contributed by atoms with Gasteiger partial charge in [0.25, 0.3) is 0 Å². The van der Waals surface area contributed by atoms with Gasteiger partial charge in [-0.05, 0) is 18.6 Å². The largest absolute Gasteiger partial charge is 0.478 e. The second kappa shape index (κ2) is 5.95. The highest BCUT2D eigenvalue weighted by molar-refractivity contribution is 5.61. The van der Waals surface area contributed by atoms with Gasteiger partial charge < -0.3 is 10.5 Å². The lowest BCUT2D eigenvalue weighted by molar-refractivity contribution is 0.298. The summed E-state index contributed by atoms with van der Waals surface area (Å²) < 4.78 is 5.49. The van der Waals surface area contributed by atoms with Crippen LogP contribution in [0.15, 0.2) is 30.6 Å². The van der Waals surface area contributed by atoms with Crippen LogP contribution in [-0.4, -0.2) is 21.8 Å². The summed E-state index contributed by atoms with van der Waals surface area (Å²) >= 11 is 0. The van der Waals surface area contributed by atoms with Crippen LogP contribution in [0.1, 0.15) is 19.8 Å². The molecule has 0 spiro atoms. The number of anilines is 1. The Morgan fingerprint density at radius 2 is 2.17 bits per heavy atom. The smallest absolute Gasteiger partial charge is 0.213 e. The zero-order valence-electron chi connectivity index (χ0n) is 10.3. The fraction of sp³-hybridized carbons (Fsp3) is 0.308. The summed E-state index contributed by atoms with van der Waals surface area (Å²) in [4.78, 5) is 4.23. The van der Waals surface area contributed by atoms with E-state index < -0.39 is 0 Å². The maximum absolute atomic E-state index is 5.66. The molecular weight excluding hydrogens is 228 g/mol. The summed E-state index contributed by atoms with van der Waals surface area (Å²) in [5.74, 6) is 0.629. The minimum Gasteiger partial charge on any atom is -0.478 e. The van der Waals surface area contributed by atoms with E-state index in [1.165, 1.54) is 6.20 Å². The van der Waals surface area contributed by atoms with Crippen LogP contribution >= 0.6 is 0 Å². The molecule has 2 aromatic heterocycles. The van der Waals surface area contributed by atoms with E-state index in [4.69, 9.17) is 10.5 Å². The second-order valence-corrected chi connectivity index (χ2v) is 3.96. The number of unbranched alkanes of at least 4 members (excludes halogenated alkanes) is 1. The summed E-state index contributed by atoms with van der Waals surface area (Å²) in [7, 11) is 0. The number of nitrogen functional groups attached to an aromatic ring is 1. The van der Waals surface area contributed by atoms with E-state index in [1.807, 2.05) is 12.1 Å². The molecule has 18 heavy (non-hydrogen) atoms. The molecule has 0 aliphatic heterocycles. The molecule has 0 aliphatic rings. The van der Waals surface area contributed by atoms with Crippen molar-refractivity contribution < 1.29 is 4.74 Å². The summed E-state index contributed by atoms with van der Waals surface area (Å²) in [6.07, 6.45) is 5.37. The minimum absolute atomic E-state index is 0.586. The van der Waals surface area contributed by atoms with Gasteiger partial charge in [0.15, 0.2) is 0 Å². The molecule has 0 atom stereocenters. The maximum Gasteiger partial charge on any atom is 0.213 e. The Hall–Kier alpha value is -2.17. The Morgan fingerprint density at radius 3 is 2.83 bits per heavy atom. The molecule has 0 unspecified atom stereocenters. The van der Waals surface area contributed by atoms with Crippen molar-refractivity contribution in [2.24, 2.45) is 0 Å². The Labute approximate surface area is 106 Å². The number of aromatic nitrogens is 3. The first kappa shape index (κ1) is 12.3. The van der Waals surface area contributed by atoms with Crippen LogP contribution in [0.5, 0.6) is 5.88 Å². The number of rotatable bonds is 5. The summed E-state index contributed by atoms with van der Waals surface area (Å²) in [5, 5.41) is 7.81. The van der Waals surface area contributed by atoms with Gasteiger partial charge in [-0.2, -0.15) is 10.2 Å². The van der Waals surface area contributed by atoms with Crippen molar-refractivity contribution in [1.82, 2.24) is 15.2 Å². The van der Waals surface area contributed by atoms with Crippen molar-refractivity contribution in [2.75, 3.05) is 12.3 Å². The number of hydrogen-bond acceptors (Lipinski definition) is 5. The summed E-state index contributed by atoms with van der Waals surface area (Å²) in [6, 6.07) is 5.50. The summed E-state index contributed by atoms with van der Waals surface area (Å²) in [6.45, 7) is 2.82. The van der Waals surface area contributed by atoms with Crippen molar-refractivity contribution in [1.29, 1.82) is 0 Å². The zero-order valence-corrected chi connectivity index (χ0v) is 10.3. The van der Waals surface area contributed by atoms with Crippen LogP contribution in [0.3, 0.4) is 0 Å². The van der Waals surface area contributed by atoms with Crippen molar-refractivity contribution in [3.8, 4) is 17.1 Å². The van der Waals surface area contributed by atoms with Gasteiger partial charge in [-0.3, -0.25) is 0 Å². The first-order valence-electron chi connectivity index (χ1n) is 5.97. The molecule has 5 nitrogen and oxygen atoms in total. The van der Waals surface area contributed by atoms with Gasteiger partial charge in [0.2, 0.25) is 5.88 Å². The quantitative estimate of drug-likeness (QED) is 0.817. The molecule has 0 aliphatic carbocycles. The van der Waals surface area contributed by atoms with Crippen LogP contribution in [0.2, 0.25) is 0 Å². The molecule has 0 aromatic carbocycles. The number of ether oxygens (including phenoxy) is 1. The van der Waals surface area contributed by atoms with Gasteiger partial charge in [0.05, 0.1) is 24.2 Å². The average molecular weight is 244 g/mol. The Bertz CT molecular complexity index is 499. The zero-order chi connectivity index (χ0) is 12.8. The van der Waals surface area contributed by atoms with E-state index >= 15 is 0 Å². The third-order valence-corrected chi connectivity index (χ3v) is 2.46. The topological polar surface area (TPSA) is 73.9 Å². The van der Waals surface area contributed by atoms with Crippen LogP contribution in [0.25, 0.3) is 11.3 Å². The Balaban J connectivity index is 2.07. The molecule has 0 saturated carbocycles. The van der Waals surface area contributed by atoms with Gasteiger partial charge in [-0.15, -0.1) is 0 Å². The van der Waals surface area contributed by atoms with Crippen molar-refractivity contribution in [3.63, 3.8) is 0 Å². The van der Waals surface area contributed by atoms with E-state index in [2.05, 4.69) is 22.1 Å². The van der Waals surface area contributed by atoms with E-state index in [9.17, 15) is 0 Å². The highest BCUT2D eigenvalue weighted by atomic mass is 16.5. The lowest BCUT2D eigenvalue weighted by atomic mass is 10.2. The molecule has 0 amide bonds. The van der Waals surface area contributed by atoms with Crippen LogP contribution in [0.4, 0.5) is 5.69 Å². The normalized spacial score (nSPS) is 10.3. The van der Waals surface area contributed by atoms with Gasteiger partial charge in [-0.25, -0.2) is 4.98 Å².